The van der Waals surface area contributed by atoms with Crippen molar-refractivity contribution in [2.45, 2.75) is 24.7 Å². The summed E-state index contributed by atoms with van der Waals surface area (Å²) in [6, 6.07) is 23.3. The number of nitrogens with zero attached hydrogens (tertiary/aromatic N) is 2. The fraction of sp³-hybridized carbons (Fsp3) is 0.154. The average molecular weight is 409 g/mol. The van der Waals surface area contributed by atoms with Crippen LogP contribution < -0.4 is 10.5 Å². The van der Waals surface area contributed by atoms with E-state index in [2.05, 4.69) is 18.7 Å². The molecule has 3 aromatic rings. The van der Waals surface area contributed by atoms with Crippen LogP contribution in [-0.4, -0.2) is 17.0 Å². The van der Waals surface area contributed by atoms with Crippen LogP contribution in [0.2, 0.25) is 0 Å². The van der Waals surface area contributed by atoms with E-state index in [9.17, 15) is 4.79 Å². The molecule has 2 aliphatic heterocycles. The average Bonchev–Trinajstić information content (AvgIpc) is 3.28. The minimum absolute atomic E-state index is 0.0117. The van der Waals surface area contributed by atoms with Crippen molar-refractivity contribution < 1.29 is 9.53 Å². The number of hydrogen-bond acceptors (Lipinski definition) is 5. The second-order valence-corrected chi connectivity index (χ2v) is 7.75. The summed E-state index contributed by atoms with van der Waals surface area (Å²) in [5.41, 5.74) is 11.7. The zero-order valence-electron chi connectivity index (χ0n) is 17.0. The highest BCUT2D eigenvalue weighted by Crippen LogP contribution is 2.48. The standard InChI is InChI=1S/C26H23N3O2/c1-2-22(27)19-11-5-6-12-20(19)23-15-24-21-13-7-8-14-25(21)31-26(29(24)28-23)18-10-4-3-9-17(18)16-30/h2-14,16,22,24,26H,1,15,27H2. The first-order valence-electron chi connectivity index (χ1n) is 10.3. The van der Waals surface area contributed by atoms with Gasteiger partial charge in [-0.15, -0.1) is 6.58 Å². The number of rotatable bonds is 5. The lowest BCUT2D eigenvalue weighted by atomic mass is 9.92. The van der Waals surface area contributed by atoms with E-state index < -0.39 is 6.23 Å². The van der Waals surface area contributed by atoms with Crippen molar-refractivity contribution in [2.75, 3.05) is 0 Å². The molecule has 3 aromatic carbocycles. The Bertz CT molecular complexity index is 1190. The van der Waals surface area contributed by atoms with Crippen LogP contribution in [0.4, 0.5) is 0 Å². The zero-order valence-corrected chi connectivity index (χ0v) is 17.0. The molecule has 154 valence electrons. The van der Waals surface area contributed by atoms with E-state index in [1.54, 1.807) is 12.1 Å². The Morgan fingerprint density at radius 2 is 1.74 bits per heavy atom. The Morgan fingerprint density at radius 3 is 2.55 bits per heavy atom. The van der Waals surface area contributed by atoms with Crippen molar-refractivity contribution in [2.24, 2.45) is 10.8 Å². The third kappa shape index (κ3) is 3.23. The van der Waals surface area contributed by atoms with Crippen LogP contribution in [0.15, 0.2) is 90.6 Å². The van der Waals surface area contributed by atoms with Gasteiger partial charge in [-0.1, -0.05) is 72.8 Å². The highest BCUT2D eigenvalue weighted by Gasteiger charge is 2.41. The maximum atomic E-state index is 11.7. The maximum Gasteiger partial charge on any atom is 0.214 e. The van der Waals surface area contributed by atoms with Crippen molar-refractivity contribution in [3.63, 3.8) is 0 Å². The van der Waals surface area contributed by atoms with Crippen molar-refractivity contribution in [1.29, 1.82) is 0 Å². The summed E-state index contributed by atoms with van der Waals surface area (Å²) in [6.45, 7) is 3.85. The Labute approximate surface area is 181 Å². The summed E-state index contributed by atoms with van der Waals surface area (Å²) < 4.78 is 6.38. The number of carbonyl (C=O) groups excluding carboxylic acids is 1. The van der Waals surface area contributed by atoms with Crippen molar-refractivity contribution in [3.05, 3.63) is 113 Å². The number of ether oxygens (including phenoxy) is 1. The molecule has 0 bridgehead atoms. The van der Waals surface area contributed by atoms with Gasteiger partial charge < -0.3 is 10.5 Å². The van der Waals surface area contributed by atoms with E-state index in [4.69, 9.17) is 15.6 Å². The molecular formula is C26H23N3O2. The third-order valence-electron chi connectivity index (χ3n) is 5.97. The first-order valence-corrected chi connectivity index (χ1v) is 10.3. The number of hydrogen-bond donors (Lipinski definition) is 1. The quantitative estimate of drug-likeness (QED) is 0.479. The number of carbonyl (C=O) groups is 1. The molecule has 3 unspecified atom stereocenters. The van der Waals surface area contributed by atoms with Gasteiger partial charge in [-0.05, 0) is 11.6 Å². The summed E-state index contributed by atoms with van der Waals surface area (Å²) in [5, 5.41) is 6.99. The largest absolute Gasteiger partial charge is 0.464 e. The van der Waals surface area contributed by atoms with Gasteiger partial charge in [-0.25, -0.2) is 5.01 Å². The predicted octanol–water partition coefficient (Wildman–Crippen LogP) is 4.93. The Hall–Kier alpha value is -3.70. The Kier molecular flexibility index (Phi) is 4.88. The van der Waals surface area contributed by atoms with Crippen LogP contribution in [0, 0.1) is 0 Å². The Balaban J connectivity index is 1.64. The number of nitrogens with two attached hydrogens (primary N) is 1. The lowest BCUT2D eigenvalue weighted by Gasteiger charge is -2.38. The molecule has 0 saturated carbocycles. The van der Waals surface area contributed by atoms with Gasteiger partial charge in [0.1, 0.15) is 5.75 Å². The van der Waals surface area contributed by atoms with Gasteiger partial charge in [0.15, 0.2) is 6.29 Å². The molecule has 0 saturated heterocycles. The number of hydrazone groups is 1. The van der Waals surface area contributed by atoms with E-state index in [0.717, 1.165) is 46.4 Å². The topological polar surface area (TPSA) is 67.9 Å². The molecule has 5 heteroatoms. The molecular weight excluding hydrogens is 386 g/mol. The molecule has 0 aliphatic carbocycles. The van der Waals surface area contributed by atoms with Gasteiger partial charge in [-0.2, -0.15) is 5.10 Å². The molecule has 5 rings (SSSR count). The smallest absolute Gasteiger partial charge is 0.214 e. The molecule has 2 heterocycles. The van der Waals surface area contributed by atoms with Crippen molar-refractivity contribution in [3.8, 4) is 5.75 Å². The lowest BCUT2D eigenvalue weighted by molar-refractivity contribution is -0.0193. The van der Waals surface area contributed by atoms with Gasteiger partial charge >= 0.3 is 0 Å². The summed E-state index contributed by atoms with van der Waals surface area (Å²) in [7, 11) is 0. The van der Waals surface area contributed by atoms with E-state index in [0.29, 0.717) is 5.56 Å². The fourth-order valence-corrected chi connectivity index (χ4v) is 4.42. The van der Waals surface area contributed by atoms with Gasteiger partial charge in [0.2, 0.25) is 6.23 Å². The first kappa shape index (κ1) is 19.3. The van der Waals surface area contributed by atoms with Gasteiger partial charge in [-0.3, -0.25) is 4.79 Å². The highest BCUT2D eigenvalue weighted by atomic mass is 16.5. The summed E-state index contributed by atoms with van der Waals surface area (Å²) in [4.78, 5) is 11.7. The minimum Gasteiger partial charge on any atom is -0.464 e. The molecule has 0 spiro atoms. The van der Waals surface area contributed by atoms with E-state index >= 15 is 0 Å². The fourth-order valence-electron chi connectivity index (χ4n) is 4.42. The van der Waals surface area contributed by atoms with E-state index in [1.165, 1.54) is 0 Å². The second kappa shape index (κ2) is 7.85. The van der Waals surface area contributed by atoms with Crippen LogP contribution in [0.5, 0.6) is 5.75 Å². The highest BCUT2D eigenvalue weighted by molar-refractivity contribution is 6.03. The van der Waals surface area contributed by atoms with E-state index in [1.807, 2.05) is 59.6 Å². The molecule has 2 aliphatic rings. The second-order valence-electron chi connectivity index (χ2n) is 7.75. The Morgan fingerprint density at radius 1 is 1.03 bits per heavy atom. The maximum absolute atomic E-state index is 11.7. The SMILES string of the molecule is C=CC(N)c1ccccc1C1=NN2C(C1)c1ccccc1OC2c1ccccc1C=O. The lowest BCUT2D eigenvalue weighted by Crippen LogP contribution is -2.34. The van der Waals surface area contributed by atoms with Crippen LogP contribution in [0.1, 0.15) is 57.3 Å². The molecule has 0 radical (unpaired) electrons. The summed E-state index contributed by atoms with van der Waals surface area (Å²) in [5.74, 6) is 0.821. The molecule has 0 fully saturated rings. The number of fused-ring (bicyclic) bond motifs is 3. The van der Waals surface area contributed by atoms with Gasteiger partial charge in [0, 0.05) is 34.7 Å². The number of para-hydroxylation sites is 1. The minimum atomic E-state index is -0.487. The summed E-state index contributed by atoms with van der Waals surface area (Å²) in [6.07, 6.45) is 2.84. The molecule has 0 amide bonds. The summed E-state index contributed by atoms with van der Waals surface area (Å²) >= 11 is 0. The van der Waals surface area contributed by atoms with Gasteiger partial charge in [0.25, 0.3) is 0 Å². The van der Waals surface area contributed by atoms with Crippen LogP contribution >= 0.6 is 0 Å². The zero-order chi connectivity index (χ0) is 21.4. The molecule has 5 nitrogen and oxygen atoms in total. The van der Waals surface area contributed by atoms with Crippen molar-refractivity contribution >= 4 is 12.0 Å². The van der Waals surface area contributed by atoms with Crippen LogP contribution in [0.3, 0.4) is 0 Å². The van der Waals surface area contributed by atoms with Crippen molar-refractivity contribution in [1.82, 2.24) is 5.01 Å². The number of aldehydes is 1. The number of benzene rings is 3. The van der Waals surface area contributed by atoms with E-state index in [-0.39, 0.29) is 12.1 Å². The van der Waals surface area contributed by atoms with Gasteiger partial charge in [0.05, 0.1) is 11.8 Å². The molecule has 3 atom stereocenters. The molecule has 0 aromatic heterocycles. The predicted molar refractivity (Wildman–Crippen MR) is 121 cm³/mol. The molecule has 2 N–H and O–H groups in total. The van der Waals surface area contributed by atoms with Crippen LogP contribution in [-0.2, 0) is 0 Å². The first-order chi connectivity index (χ1) is 15.2. The monoisotopic (exact) mass is 409 g/mol. The van der Waals surface area contributed by atoms with Crippen LogP contribution in [0.25, 0.3) is 0 Å². The molecule has 31 heavy (non-hydrogen) atoms. The third-order valence-corrected chi connectivity index (χ3v) is 5.97. The normalized spacial score (nSPS) is 20.2.